The van der Waals surface area contributed by atoms with E-state index in [1.807, 2.05) is 39.8 Å². The first kappa shape index (κ1) is 25.4. The number of benzene rings is 2. The van der Waals surface area contributed by atoms with Gasteiger partial charge < -0.3 is 24.5 Å². The van der Waals surface area contributed by atoms with Gasteiger partial charge in [0, 0.05) is 29.2 Å². The van der Waals surface area contributed by atoms with Gasteiger partial charge in [0.2, 0.25) is 5.43 Å². The van der Waals surface area contributed by atoms with E-state index in [0.29, 0.717) is 35.3 Å². The van der Waals surface area contributed by atoms with Crippen molar-refractivity contribution in [1.82, 2.24) is 0 Å². The summed E-state index contributed by atoms with van der Waals surface area (Å²) in [6.45, 7) is 12.0. The zero-order chi connectivity index (χ0) is 26.3. The second-order valence-electron chi connectivity index (χ2n) is 10.4. The SMILES string of the molecule is CC(C)=CCc1c(-c2ccc(O)cc2O)oc2c(CC=C(C)C)c3c(c(O)c2c1=O)CC(C(C)C)O3. The van der Waals surface area contributed by atoms with Crippen molar-refractivity contribution in [3.05, 3.63) is 68.4 Å². The Morgan fingerprint density at radius 1 is 1.03 bits per heavy atom. The Morgan fingerprint density at radius 2 is 1.67 bits per heavy atom. The molecule has 4 rings (SSSR count). The van der Waals surface area contributed by atoms with Crippen LogP contribution >= 0.6 is 0 Å². The summed E-state index contributed by atoms with van der Waals surface area (Å²) in [5, 5.41) is 31.9. The zero-order valence-corrected chi connectivity index (χ0v) is 21.7. The number of allylic oxidation sites excluding steroid dienone is 4. The molecule has 0 fully saturated rings. The maximum absolute atomic E-state index is 14.0. The fourth-order valence-electron chi connectivity index (χ4n) is 4.55. The van der Waals surface area contributed by atoms with Gasteiger partial charge in [0.05, 0.1) is 5.56 Å². The van der Waals surface area contributed by atoms with E-state index in [-0.39, 0.29) is 63.4 Å². The lowest BCUT2D eigenvalue weighted by Crippen LogP contribution is -2.20. The highest BCUT2D eigenvalue weighted by Crippen LogP contribution is 2.47. The van der Waals surface area contributed by atoms with Crippen LogP contribution in [0.3, 0.4) is 0 Å². The summed E-state index contributed by atoms with van der Waals surface area (Å²) in [6, 6.07) is 4.17. The number of phenolic OH excluding ortho intramolecular Hbond substituents is 3. The lowest BCUT2D eigenvalue weighted by Gasteiger charge is -2.17. The molecule has 2 heterocycles. The van der Waals surface area contributed by atoms with Crippen molar-refractivity contribution < 1.29 is 24.5 Å². The fraction of sp³-hybridized carbons (Fsp3) is 0.367. The highest BCUT2D eigenvalue weighted by molar-refractivity contribution is 5.93. The number of fused-ring (bicyclic) bond motifs is 2. The highest BCUT2D eigenvalue weighted by Gasteiger charge is 2.34. The van der Waals surface area contributed by atoms with E-state index < -0.39 is 0 Å². The Balaban J connectivity index is 2.13. The molecule has 1 unspecified atom stereocenters. The number of ether oxygens (including phenoxy) is 1. The van der Waals surface area contributed by atoms with Crippen LogP contribution in [0.25, 0.3) is 22.3 Å². The summed E-state index contributed by atoms with van der Waals surface area (Å²) in [5.41, 5.74) is 3.98. The van der Waals surface area contributed by atoms with Crippen LogP contribution in [-0.2, 0) is 19.3 Å². The Labute approximate surface area is 211 Å². The van der Waals surface area contributed by atoms with E-state index in [4.69, 9.17) is 9.15 Å². The molecule has 0 radical (unpaired) electrons. The molecule has 0 saturated carbocycles. The predicted octanol–water partition coefficient (Wildman–Crippen LogP) is 6.55. The second-order valence-corrected chi connectivity index (χ2v) is 10.4. The molecule has 1 aromatic heterocycles. The van der Waals surface area contributed by atoms with E-state index in [0.717, 1.165) is 11.1 Å². The van der Waals surface area contributed by atoms with Gasteiger partial charge in [0.25, 0.3) is 0 Å². The molecule has 1 atom stereocenters. The summed E-state index contributed by atoms with van der Waals surface area (Å²) in [4.78, 5) is 14.0. The molecule has 3 aromatic rings. The van der Waals surface area contributed by atoms with Crippen LogP contribution < -0.4 is 10.2 Å². The Morgan fingerprint density at radius 3 is 2.25 bits per heavy atom. The molecule has 1 aliphatic rings. The van der Waals surface area contributed by atoms with Crippen LogP contribution in [0.4, 0.5) is 0 Å². The molecule has 3 N–H and O–H groups in total. The second kappa shape index (κ2) is 9.76. The van der Waals surface area contributed by atoms with Crippen molar-refractivity contribution in [3.8, 4) is 34.3 Å². The van der Waals surface area contributed by atoms with Gasteiger partial charge in [-0.15, -0.1) is 0 Å². The summed E-state index contributed by atoms with van der Waals surface area (Å²) in [7, 11) is 0. The number of hydrogen-bond donors (Lipinski definition) is 3. The number of phenols is 3. The molecule has 6 nitrogen and oxygen atoms in total. The quantitative estimate of drug-likeness (QED) is 0.339. The Hall–Kier alpha value is -3.67. The van der Waals surface area contributed by atoms with E-state index in [1.165, 1.54) is 18.2 Å². The van der Waals surface area contributed by atoms with Crippen molar-refractivity contribution in [2.75, 3.05) is 0 Å². The van der Waals surface area contributed by atoms with Crippen LogP contribution in [0, 0.1) is 5.92 Å². The minimum absolute atomic E-state index is 0.0990. The number of hydrogen-bond acceptors (Lipinski definition) is 6. The van der Waals surface area contributed by atoms with Gasteiger partial charge in [-0.25, -0.2) is 0 Å². The summed E-state index contributed by atoms with van der Waals surface area (Å²) >= 11 is 0. The van der Waals surface area contributed by atoms with E-state index >= 15 is 0 Å². The van der Waals surface area contributed by atoms with Crippen molar-refractivity contribution in [2.45, 2.75) is 66.9 Å². The molecule has 0 aliphatic carbocycles. The first-order valence-corrected chi connectivity index (χ1v) is 12.3. The maximum atomic E-state index is 14.0. The average molecular weight is 491 g/mol. The van der Waals surface area contributed by atoms with Crippen LogP contribution in [0.15, 0.2) is 50.7 Å². The molecular weight excluding hydrogens is 456 g/mol. The third-order valence-electron chi connectivity index (χ3n) is 6.62. The first-order valence-electron chi connectivity index (χ1n) is 12.3. The van der Waals surface area contributed by atoms with E-state index in [1.54, 1.807) is 0 Å². The van der Waals surface area contributed by atoms with Gasteiger partial charge in [0.15, 0.2) is 0 Å². The molecule has 190 valence electrons. The third-order valence-corrected chi connectivity index (χ3v) is 6.62. The normalized spacial score (nSPS) is 14.6. The van der Waals surface area contributed by atoms with E-state index in [9.17, 15) is 20.1 Å². The molecule has 1 aliphatic heterocycles. The van der Waals surface area contributed by atoms with Gasteiger partial charge in [0.1, 0.15) is 45.8 Å². The highest BCUT2D eigenvalue weighted by atomic mass is 16.5. The molecule has 0 bridgehead atoms. The predicted molar refractivity (Wildman–Crippen MR) is 142 cm³/mol. The Bertz CT molecular complexity index is 1450. The van der Waals surface area contributed by atoms with Gasteiger partial charge in [-0.2, -0.15) is 0 Å². The largest absolute Gasteiger partial charge is 0.508 e. The smallest absolute Gasteiger partial charge is 0.200 e. The van der Waals surface area contributed by atoms with Crippen LogP contribution in [0.5, 0.6) is 23.0 Å². The zero-order valence-electron chi connectivity index (χ0n) is 21.7. The third kappa shape index (κ3) is 4.60. The first-order chi connectivity index (χ1) is 17.0. The van der Waals surface area contributed by atoms with Crippen LogP contribution in [-0.4, -0.2) is 21.4 Å². The maximum Gasteiger partial charge on any atom is 0.200 e. The molecule has 2 aromatic carbocycles. The molecule has 0 spiro atoms. The molecule has 0 saturated heterocycles. The van der Waals surface area contributed by atoms with E-state index in [2.05, 4.69) is 13.8 Å². The molecule has 0 amide bonds. The van der Waals surface area contributed by atoms with Gasteiger partial charge in [-0.05, 0) is 58.6 Å². The number of rotatable bonds is 6. The standard InChI is InChI=1S/C30H34O6/c1-15(2)7-10-20-26(33)25-27(34)22-14-24(17(5)6)35-29(22)21(11-8-16(3)4)30(25)36-28(20)19-12-9-18(31)13-23(19)32/h7-9,12-13,17,24,31-32,34H,10-11,14H2,1-6H3. The molecular formula is C30H34O6. The molecule has 6 heteroatoms. The van der Waals surface area contributed by atoms with Gasteiger partial charge >= 0.3 is 0 Å². The average Bonchev–Trinajstić information content (AvgIpc) is 3.24. The fourth-order valence-corrected chi connectivity index (χ4v) is 4.55. The van der Waals surface area contributed by atoms with Crippen molar-refractivity contribution in [1.29, 1.82) is 0 Å². The van der Waals surface area contributed by atoms with Crippen LogP contribution in [0.2, 0.25) is 0 Å². The van der Waals surface area contributed by atoms with Crippen molar-refractivity contribution in [2.24, 2.45) is 5.92 Å². The lowest BCUT2D eigenvalue weighted by molar-refractivity contribution is 0.177. The lowest BCUT2D eigenvalue weighted by atomic mass is 9.94. The minimum Gasteiger partial charge on any atom is -0.508 e. The van der Waals surface area contributed by atoms with Crippen molar-refractivity contribution in [3.63, 3.8) is 0 Å². The minimum atomic E-state index is -0.344. The summed E-state index contributed by atoms with van der Waals surface area (Å²) in [5.74, 6) is 0.591. The van der Waals surface area contributed by atoms with Crippen molar-refractivity contribution >= 4 is 11.0 Å². The topological polar surface area (TPSA) is 100 Å². The van der Waals surface area contributed by atoms with Gasteiger partial charge in [-0.3, -0.25) is 4.79 Å². The summed E-state index contributed by atoms with van der Waals surface area (Å²) < 4.78 is 12.7. The van der Waals surface area contributed by atoms with Gasteiger partial charge in [-0.1, -0.05) is 37.1 Å². The Kier molecular flexibility index (Phi) is 6.90. The molecule has 36 heavy (non-hydrogen) atoms. The number of aromatic hydroxyl groups is 3. The van der Waals surface area contributed by atoms with Crippen LogP contribution in [0.1, 0.15) is 58.2 Å². The summed E-state index contributed by atoms with van der Waals surface area (Å²) in [6.07, 6.45) is 5.07. The monoisotopic (exact) mass is 490 g/mol.